The van der Waals surface area contributed by atoms with Gasteiger partial charge in [-0.1, -0.05) is 0 Å². The summed E-state index contributed by atoms with van der Waals surface area (Å²) in [7, 11) is 11.6. The third kappa shape index (κ3) is 2.94. The molecule has 0 unspecified atom stereocenters. The first-order chi connectivity index (χ1) is 5.27. The van der Waals surface area contributed by atoms with E-state index in [1.807, 2.05) is 12.1 Å². The molecular weight excluding hydrogens is 389 g/mol. The van der Waals surface area contributed by atoms with Gasteiger partial charge in [0, 0.05) is 0 Å². The number of halogens is 2. The standard InChI is InChI=1S/C6H4O.2ClH.2In.2H/c7-6-4-2-1-3-5-6;;;;;;/h2-4,7H;2*1H;;;;/q;;;2*+1;;/p-2. The predicted octanol–water partition coefficient (Wildman–Crippen LogP) is -0.177. The monoisotopic (exact) mass is 394 g/mol. The van der Waals surface area contributed by atoms with Crippen molar-refractivity contribution in [1.29, 1.82) is 0 Å². The van der Waals surface area contributed by atoms with Gasteiger partial charge in [0.1, 0.15) is 0 Å². The molecular formula is C6H6Cl2In2O. The SMILES string of the molecule is Oc1cc[c]([InH][Cl])c[c]1[InH][Cl]. The zero-order valence-electron chi connectivity index (χ0n) is 5.85. The molecule has 0 aliphatic heterocycles. The molecule has 0 bridgehead atoms. The normalized spacial score (nSPS) is 9.27. The third-order valence-electron chi connectivity index (χ3n) is 1.44. The van der Waals surface area contributed by atoms with Crippen LogP contribution in [0.3, 0.4) is 0 Å². The van der Waals surface area contributed by atoms with Crippen LogP contribution >= 0.6 is 17.2 Å². The van der Waals surface area contributed by atoms with Crippen LogP contribution in [0.25, 0.3) is 0 Å². The van der Waals surface area contributed by atoms with Crippen LogP contribution in [0, 0.1) is 0 Å². The molecule has 0 heterocycles. The molecule has 56 valence electrons. The number of phenolic OH excluding ortho intramolecular Hbond substituents is 1. The van der Waals surface area contributed by atoms with Gasteiger partial charge in [-0.2, -0.15) is 0 Å². The molecule has 1 rings (SSSR count). The van der Waals surface area contributed by atoms with Gasteiger partial charge in [0.25, 0.3) is 0 Å². The predicted molar refractivity (Wildman–Crippen MR) is 53.4 cm³/mol. The maximum atomic E-state index is 9.28. The van der Waals surface area contributed by atoms with Crippen molar-refractivity contribution in [3.63, 3.8) is 0 Å². The maximum absolute atomic E-state index is 9.28. The van der Waals surface area contributed by atoms with Gasteiger partial charge in [-0.05, 0) is 0 Å². The van der Waals surface area contributed by atoms with Crippen molar-refractivity contribution in [2.45, 2.75) is 0 Å². The third-order valence-corrected chi connectivity index (χ3v) is 10.0. The second-order valence-electron chi connectivity index (χ2n) is 2.23. The van der Waals surface area contributed by atoms with E-state index in [2.05, 4.69) is 0 Å². The van der Waals surface area contributed by atoms with Crippen molar-refractivity contribution < 1.29 is 5.11 Å². The van der Waals surface area contributed by atoms with Crippen LogP contribution in [-0.2, 0) is 0 Å². The number of hydrogen-bond acceptors (Lipinski definition) is 1. The number of rotatable bonds is 2. The van der Waals surface area contributed by atoms with Crippen LogP contribution in [0.1, 0.15) is 0 Å². The van der Waals surface area contributed by atoms with Crippen molar-refractivity contribution in [3.05, 3.63) is 18.2 Å². The molecule has 0 atom stereocenters. The molecule has 11 heavy (non-hydrogen) atoms. The fourth-order valence-electron chi connectivity index (χ4n) is 0.829. The molecule has 0 aliphatic carbocycles. The van der Waals surface area contributed by atoms with Crippen LogP contribution in [-0.4, -0.2) is 48.6 Å². The van der Waals surface area contributed by atoms with E-state index < -0.39 is 43.4 Å². The van der Waals surface area contributed by atoms with E-state index in [0.717, 1.165) is 3.32 Å². The van der Waals surface area contributed by atoms with E-state index in [1.165, 1.54) is 3.32 Å². The molecule has 0 radical (unpaired) electrons. The van der Waals surface area contributed by atoms with E-state index in [9.17, 15) is 5.11 Å². The summed E-state index contributed by atoms with van der Waals surface area (Å²) < 4.78 is 2.22. The summed E-state index contributed by atoms with van der Waals surface area (Å²) in [6.07, 6.45) is 0. The summed E-state index contributed by atoms with van der Waals surface area (Å²) in [6.45, 7) is 0. The van der Waals surface area contributed by atoms with Crippen LogP contribution in [0.15, 0.2) is 18.2 Å². The first-order valence-electron chi connectivity index (χ1n) is 3.20. The summed E-state index contributed by atoms with van der Waals surface area (Å²) in [5.41, 5.74) is 0. The molecule has 0 spiro atoms. The van der Waals surface area contributed by atoms with E-state index in [1.54, 1.807) is 6.07 Å². The second kappa shape index (κ2) is 5.15. The summed E-state index contributed by atoms with van der Waals surface area (Å²) >= 11 is -2.53. The zero-order valence-corrected chi connectivity index (χ0v) is 15.4. The molecule has 1 aromatic carbocycles. The van der Waals surface area contributed by atoms with Crippen LogP contribution in [0.5, 0.6) is 5.75 Å². The number of phenols is 1. The molecule has 0 saturated heterocycles. The fraction of sp³-hybridized carbons (Fsp3) is 0. The number of hydrogen-bond donors (Lipinski definition) is 1. The average molecular weight is 395 g/mol. The quantitative estimate of drug-likeness (QED) is 0.738. The molecule has 0 amide bonds. The Kier molecular flexibility index (Phi) is 4.88. The zero-order chi connectivity index (χ0) is 8.27. The first kappa shape index (κ1) is 10.4. The van der Waals surface area contributed by atoms with Crippen molar-refractivity contribution in [3.8, 4) is 5.75 Å². The van der Waals surface area contributed by atoms with Gasteiger partial charge >= 0.3 is 96.3 Å². The molecule has 1 N–H and O–H groups in total. The van der Waals surface area contributed by atoms with Crippen molar-refractivity contribution >= 4 is 67.2 Å². The van der Waals surface area contributed by atoms with Gasteiger partial charge in [0.05, 0.1) is 0 Å². The summed E-state index contributed by atoms with van der Waals surface area (Å²) in [4.78, 5) is 0. The molecule has 1 nitrogen and oxygen atoms in total. The second-order valence-corrected chi connectivity index (χ2v) is 11.8. The van der Waals surface area contributed by atoms with Crippen molar-refractivity contribution in [1.82, 2.24) is 0 Å². The Morgan fingerprint density at radius 3 is 2.45 bits per heavy atom. The molecule has 0 fully saturated rings. The Bertz CT molecular complexity index is 254. The number of benzene rings is 1. The van der Waals surface area contributed by atoms with Crippen molar-refractivity contribution in [2.24, 2.45) is 0 Å². The van der Waals surface area contributed by atoms with E-state index in [0.29, 0.717) is 5.75 Å². The summed E-state index contributed by atoms with van der Waals surface area (Å²) in [5, 5.41) is 9.28. The Balaban J connectivity index is 3.02. The minimum atomic E-state index is -1.35. The minimum absolute atomic E-state index is 0.357. The molecule has 0 aromatic heterocycles. The van der Waals surface area contributed by atoms with E-state index in [4.69, 9.17) is 17.2 Å². The fourth-order valence-corrected chi connectivity index (χ4v) is 8.94. The Hall–Kier alpha value is 1.34. The van der Waals surface area contributed by atoms with E-state index >= 15 is 0 Å². The topological polar surface area (TPSA) is 20.2 Å². The van der Waals surface area contributed by atoms with E-state index in [-0.39, 0.29) is 0 Å². The molecule has 0 aliphatic rings. The van der Waals surface area contributed by atoms with Crippen molar-refractivity contribution in [2.75, 3.05) is 0 Å². The van der Waals surface area contributed by atoms with Crippen LogP contribution in [0.2, 0.25) is 0 Å². The first-order valence-corrected chi connectivity index (χ1v) is 17.5. The van der Waals surface area contributed by atoms with Gasteiger partial charge in [-0.25, -0.2) is 0 Å². The van der Waals surface area contributed by atoms with Gasteiger partial charge in [-0.3, -0.25) is 0 Å². The molecule has 1 aromatic rings. The molecule has 5 heteroatoms. The van der Waals surface area contributed by atoms with Gasteiger partial charge in [0.2, 0.25) is 0 Å². The summed E-state index contributed by atoms with van der Waals surface area (Å²) in [6, 6.07) is 5.60. The summed E-state index contributed by atoms with van der Waals surface area (Å²) in [5.74, 6) is 0.357. The van der Waals surface area contributed by atoms with Crippen LogP contribution in [0.4, 0.5) is 0 Å². The van der Waals surface area contributed by atoms with Crippen LogP contribution < -0.4 is 6.64 Å². The van der Waals surface area contributed by atoms with Gasteiger partial charge in [0.15, 0.2) is 0 Å². The average Bonchev–Trinajstić information content (AvgIpc) is 2.05. The van der Waals surface area contributed by atoms with Gasteiger partial charge < -0.3 is 0 Å². The molecule has 0 saturated carbocycles. The van der Waals surface area contributed by atoms with Gasteiger partial charge in [-0.15, -0.1) is 0 Å². The Labute approximate surface area is 95.0 Å². The Morgan fingerprint density at radius 1 is 1.18 bits per heavy atom. The Morgan fingerprint density at radius 2 is 1.91 bits per heavy atom. The number of aromatic hydroxyl groups is 1.